The number of hydrogen-bond donors (Lipinski definition) is 0. The van der Waals surface area contributed by atoms with E-state index in [0.717, 1.165) is 28.6 Å². The molecule has 0 N–H and O–H groups in total. The van der Waals surface area contributed by atoms with Crippen molar-refractivity contribution in [2.75, 3.05) is 6.61 Å². The lowest BCUT2D eigenvalue weighted by Crippen LogP contribution is -1.97. The summed E-state index contributed by atoms with van der Waals surface area (Å²) >= 11 is 0. The predicted molar refractivity (Wildman–Crippen MR) is 112 cm³/mol. The van der Waals surface area contributed by atoms with E-state index in [2.05, 4.69) is 18.0 Å². The maximum absolute atomic E-state index is 8.97. The molecule has 3 aromatic carbocycles. The quantitative estimate of drug-likeness (QED) is 0.425. The van der Waals surface area contributed by atoms with Gasteiger partial charge in [-0.3, -0.25) is 0 Å². The number of hydrogen-bond acceptors (Lipinski definition) is 5. The summed E-state index contributed by atoms with van der Waals surface area (Å²) in [4.78, 5) is 9.35. The Morgan fingerprint density at radius 2 is 1.59 bits per heavy atom. The van der Waals surface area contributed by atoms with E-state index in [1.807, 2.05) is 48.5 Å². The van der Waals surface area contributed by atoms with Gasteiger partial charge in [-0.1, -0.05) is 19.1 Å². The van der Waals surface area contributed by atoms with Crippen LogP contribution in [0.4, 0.5) is 0 Å². The zero-order valence-corrected chi connectivity index (χ0v) is 16.0. The van der Waals surface area contributed by atoms with Crippen molar-refractivity contribution < 1.29 is 9.47 Å². The van der Waals surface area contributed by atoms with Gasteiger partial charge in [0.1, 0.15) is 11.5 Å². The summed E-state index contributed by atoms with van der Waals surface area (Å²) in [6.07, 6.45) is 0.964. The molecular formula is C24H19N3O2. The maximum Gasteiger partial charge on any atom is 0.230 e. The van der Waals surface area contributed by atoms with Crippen LogP contribution >= 0.6 is 0 Å². The Kier molecular flexibility index (Phi) is 5.35. The third-order valence-electron chi connectivity index (χ3n) is 4.35. The number of nitriles is 1. The fraction of sp³-hybridized carbons (Fsp3) is 0.125. The van der Waals surface area contributed by atoms with Gasteiger partial charge in [-0.25, -0.2) is 4.98 Å². The van der Waals surface area contributed by atoms with Crippen molar-refractivity contribution in [3.05, 3.63) is 78.4 Å². The molecule has 1 aromatic heterocycles. The van der Waals surface area contributed by atoms with Crippen molar-refractivity contribution in [3.63, 3.8) is 0 Å². The molecule has 1 heterocycles. The molecule has 0 atom stereocenters. The van der Waals surface area contributed by atoms with E-state index in [0.29, 0.717) is 29.6 Å². The Morgan fingerprint density at radius 3 is 2.31 bits per heavy atom. The van der Waals surface area contributed by atoms with Gasteiger partial charge < -0.3 is 9.47 Å². The summed E-state index contributed by atoms with van der Waals surface area (Å²) in [5.74, 6) is 2.49. The fourth-order valence-corrected chi connectivity index (χ4v) is 2.88. The van der Waals surface area contributed by atoms with Crippen LogP contribution < -0.4 is 9.47 Å². The third kappa shape index (κ3) is 4.17. The molecule has 0 unspecified atom stereocenters. The molecule has 5 nitrogen and oxygen atoms in total. The molecule has 0 spiro atoms. The molecule has 29 heavy (non-hydrogen) atoms. The van der Waals surface area contributed by atoms with Gasteiger partial charge in [0, 0.05) is 5.56 Å². The van der Waals surface area contributed by atoms with Crippen LogP contribution in [0.5, 0.6) is 17.4 Å². The summed E-state index contributed by atoms with van der Waals surface area (Å²) in [7, 11) is 0. The van der Waals surface area contributed by atoms with E-state index in [1.165, 1.54) is 0 Å². The molecule has 0 aliphatic carbocycles. The summed E-state index contributed by atoms with van der Waals surface area (Å²) < 4.78 is 11.7. The lowest BCUT2D eigenvalue weighted by atomic mass is 10.2. The van der Waals surface area contributed by atoms with Gasteiger partial charge in [-0.15, -0.1) is 0 Å². The van der Waals surface area contributed by atoms with Crippen LogP contribution in [0.3, 0.4) is 0 Å². The molecule has 142 valence electrons. The molecule has 0 aliphatic heterocycles. The van der Waals surface area contributed by atoms with Crippen molar-refractivity contribution in [2.24, 2.45) is 0 Å². The van der Waals surface area contributed by atoms with Crippen LogP contribution in [0.1, 0.15) is 18.9 Å². The lowest BCUT2D eigenvalue weighted by Gasteiger charge is -2.11. The summed E-state index contributed by atoms with van der Waals surface area (Å²) in [6, 6.07) is 24.5. The second-order valence-electron chi connectivity index (χ2n) is 6.48. The van der Waals surface area contributed by atoms with Crippen LogP contribution in [0, 0.1) is 11.3 Å². The largest absolute Gasteiger partial charge is 0.494 e. The van der Waals surface area contributed by atoms with Crippen molar-refractivity contribution in [1.82, 2.24) is 9.97 Å². The van der Waals surface area contributed by atoms with Crippen LogP contribution in [0.25, 0.3) is 22.3 Å². The number of para-hydroxylation sites is 1. The Labute approximate surface area is 169 Å². The monoisotopic (exact) mass is 381 g/mol. The van der Waals surface area contributed by atoms with Gasteiger partial charge in [-0.2, -0.15) is 10.2 Å². The molecule has 0 fully saturated rings. The van der Waals surface area contributed by atoms with Gasteiger partial charge in [0.05, 0.1) is 29.1 Å². The molecule has 5 heteroatoms. The second kappa shape index (κ2) is 8.41. The average molecular weight is 381 g/mol. The second-order valence-corrected chi connectivity index (χ2v) is 6.48. The molecule has 4 aromatic rings. The van der Waals surface area contributed by atoms with Crippen LogP contribution in [0.2, 0.25) is 0 Å². The van der Waals surface area contributed by atoms with Gasteiger partial charge >= 0.3 is 0 Å². The van der Waals surface area contributed by atoms with E-state index in [1.54, 1.807) is 24.3 Å². The van der Waals surface area contributed by atoms with E-state index < -0.39 is 0 Å². The van der Waals surface area contributed by atoms with E-state index in [9.17, 15) is 0 Å². The number of ether oxygens (including phenoxy) is 2. The fourth-order valence-electron chi connectivity index (χ4n) is 2.88. The minimum atomic E-state index is 0.474. The van der Waals surface area contributed by atoms with Gasteiger partial charge in [-0.05, 0) is 67.1 Å². The Bertz CT molecular complexity index is 1160. The average Bonchev–Trinajstić information content (AvgIpc) is 2.78. The highest BCUT2D eigenvalue weighted by Crippen LogP contribution is 2.30. The summed E-state index contributed by atoms with van der Waals surface area (Å²) in [6.45, 7) is 2.76. The Morgan fingerprint density at radius 1 is 0.862 bits per heavy atom. The van der Waals surface area contributed by atoms with Crippen molar-refractivity contribution in [1.29, 1.82) is 5.26 Å². The first-order chi connectivity index (χ1) is 14.3. The first-order valence-electron chi connectivity index (χ1n) is 9.45. The van der Waals surface area contributed by atoms with Crippen LogP contribution in [-0.4, -0.2) is 16.6 Å². The van der Waals surface area contributed by atoms with Gasteiger partial charge in [0.15, 0.2) is 5.82 Å². The summed E-state index contributed by atoms with van der Waals surface area (Å²) in [5, 5.41) is 9.79. The normalized spacial score (nSPS) is 10.5. The third-order valence-corrected chi connectivity index (χ3v) is 4.35. The predicted octanol–water partition coefficient (Wildman–Crippen LogP) is 5.75. The highest BCUT2D eigenvalue weighted by atomic mass is 16.5. The first-order valence-corrected chi connectivity index (χ1v) is 9.45. The van der Waals surface area contributed by atoms with Crippen molar-refractivity contribution in [2.45, 2.75) is 13.3 Å². The number of nitrogens with zero attached hydrogens (tertiary/aromatic N) is 3. The standard InChI is InChI=1S/C24H19N3O2/c1-2-15-28-19-13-9-18(10-14-19)23-26-22-6-4-3-5-21(22)24(27-23)29-20-11-7-17(16-25)8-12-20/h3-14H,2,15H2,1H3. The minimum absolute atomic E-state index is 0.474. The topological polar surface area (TPSA) is 68.0 Å². The zero-order chi connectivity index (χ0) is 20.1. The number of rotatable bonds is 6. The number of benzene rings is 3. The Hall–Kier alpha value is -3.91. The van der Waals surface area contributed by atoms with Crippen LogP contribution in [-0.2, 0) is 0 Å². The van der Waals surface area contributed by atoms with Gasteiger partial charge in [0.2, 0.25) is 5.88 Å². The van der Waals surface area contributed by atoms with E-state index in [4.69, 9.17) is 19.7 Å². The SMILES string of the molecule is CCCOc1ccc(-c2nc(Oc3ccc(C#N)cc3)c3ccccc3n2)cc1. The van der Waals surface area contributed by atoms with Crippen molar-refractivity contribution >= 4 is 10.9 Å². The van der Waals surface area contributed by atoms with Gasteiger partial charge in [0.25, 0.3) is 0 Å². The Balaban J connectivity index is 1.71. The van der Waals surface area contributed by atoms with Crippen molar-refractivity contribution in [3.8, 4) is 34.8 Å². The zero-order valence-electron chi connectivity index (χ0n) is 16.0. The molecular weight excluding hydrogens is 362 g/mol. The highest BCUT2D eigenvalue weighted by molar-refractivity contribution is 5.85. The molecule has 0 saturated heterocycles. The molecule has 0 aliphatic rings. The number of fused-ring (bicyclic) bond motifs is 1. The number of aromatic nitrogens is 2. The van der Waals surface area contributed by atoms with Crippen LogP contribution in [0.15, 0.2) is 72.8 Å². The molecule has 0 amide bonds. The molecule has 4 rings (SSSR count). The maximum atomic E-state index is 8.97. The van der Waals surface area contributed by atoms with E-state index in [-0.39, 0.29) is 0 Å². The molecule has 0 bridgehead atoms. The highest BCUT2D eigenvalue weighted by Gasteiger charge is 2.11. The lowest BCUT2D eigenvalue weighted by molar-refractivity contribution is 0.317. The minimum Gasteiger partial charge on any atom is -0.494 e. The smallest absolute Gasteiger partial charge is 0.230 e. The summed E-state index contributed by atoms with van der Waals surface area (Å²) in [5.41, 5.74) is 2.26. The molecule has 0 saturated carbocycles. The van der Waals surface area contributed by atoms with E-state index >= 15 is 0 Å². The first kappa shape index (κ1) is 18.5. The molecule has 0 radical (unpaired) electrons.